The fourth-order valence-corrected chi connectivity index (χ4v) is 1.96. The zero-order valence-electron chi connectivity index (χ0n) is 9.27. The van der Waals surface area contributed by atoms with Crippen molar-refractivity contribution in [3.8, 4) is 0 Å². The maximum atomic E-state index is 3.98. The molecule has 0 aromatic carbocycles. The molecule has 1 saturated heterocycles. The van der Waals surface area contributed by atoms with E-state index in [0.717, 1.165) is 18.9 Å². The average molecular weight is 210 g/mol. The molecule has 1 aromatic rings. The molecule has 0 spiro atoms. The molecule has 2 heterocycles. The molecule has 0 radical (unpaired) electrons. The van der Waals surface area contributed by atoms with Crippen LogP contribution in [0, 0.1) is 0 Å². The number of tetrazole rings is 1. The number of hydrogen-bond acceptors (Lipinski definition) is 5. The Hall–Kier alpha value is -1.01. The van der Waals surface area contributed by atoms with Crippen molar-refractivity contribution in [1.29, 1.82) is 0 Å². The summed E-state index contributed by atoms with van der Waals surface area (Å²) in [5, 5.41) is 17.5. The topological polar surface area (TPSA) is 69.7 Å². The van der Waals surface area contributed by atoms with E-state index < -0.39 is 0 Å². The zero-order valence-corrected chi connectivity index (χ0v) is 9.27. The first-order valence-electron chi connectivity index (χ1n) is 5.43. The highest BCUT2D eigenvalue weighted by Gasteiger charge is 2.20. The minimum absolute atomic E-state index is 0.178. The lowest BCUT2D eigenvalue weighted by Crippen LogP contribution is -2.41. The van der Waals surface area contributed by atoms with E-state index in [9.17, 15) is 0 Å². The maximum absolute atomic E-state index is 3.98. The standard InChI is InChI=1S/C9H18N6/c1-7(9-11-13-14-12-9)10-8-3-5-15(2)6-4-8/h7-8,10H,3-6H2,1-2H3,(H,11,12,13,14). The van der Waals surface area contributed by atoms with E-state index in [-0.39, 0.29) is 6.04 Å². The Morgan fingerprint density at radius 1 is 1.47 bits per heavy atom. The van der Waals surface area contributed by atoms with Gasteiger partial charge in [-0.15, -0.1) is 10.2 Å². The summed E-state index contributed by atoms with van der Waals surface area (Å²) in [6.07, 6.45) is 2.39. The fraction of sp³-hybridized carbons (Fsp3) is 0.889. The highest BCUT2D eigenvalue weighted by atomic mass is 15.5. The average Bonchev–Trinajstić information content (AvgIpc) is 2.74. The van der Waals surface area contributed by atoms with Crippen LogP contribution in [-0.2, 0) is 0 Å². The van der Waals surface area contributed by atoms with E-state index in [2.05, 4.69) is 44.8 Å². The van der Waals surface area contributed by atoms with E-state index in [1.54, 1.807) is 0 Å². The molecule has 6 nitrogen and oxygen atoms in total. The van der Waals surface area contributed by atoms with Gasteiger partial charge in [-0.25, -0.2) is 0 Å². The van der Waals surface area contributed by atoms with Crippen molar-refractivity contribution in [3.63, 3.8) is 0 Å². The zero-order chi connectivity index (χ0) is 10.7. The third-order valence-electron chi connectivity index (χ3n) is 2.95. The third-order valence-corrected chi connectivity index (χ3v) is 2.95. The van der Waals surface area contributed by atoms with Gasteiger partial charge in [-0.1, -0.05) is 5.21 Å². The Morgan fingerprint density at radius 2 is 2.20 bits per heavy atom. The van der Waals surface area contributed by atoms with Crippen LogP contribution in [-0.4, -0.2) is 51.7 Å². The molecule has 1 fully saturated rings. The van der Waals surface area contributed by atoms with Crippen LogP contribution in [0.15, 0.2) is 0 Å². The lowest BCUT2D eigenvalue weighted by molar-refractivity contribution is 0.225. The predicted molar refractivity (Wildman–Crippen MR) is 56.2 cm³/mol. The van der Waals surface area contributed by atoms with Crippen LogP contribution in [0.1, 0.15) is 31.6 Å². The van der Waals surface area contributed by atoms with Gasteiger partial charge in [0.1, 0.15) is 0 Å². The number of aromatic nitrogens is 4. The summed E-state index contributed by atoms with van der Waals surface area (Å²) in [5.41, 5.74) is 0. The van der Waals surface area contributed by atoms with Crippen LogP contribution in [0.4, 0.5) is 0 Å². The summed E-state index contributed by atoms with van der Waals surface area (Å²) in [4.78, 5) is 2.36. The Kier molecular flexibility index (Phi) is 3.27. The number of nitrogens with one attached hydrogen (secondary N) is 2. The van der Waals surface area contributed by atoms with Crippen molar-refractivity contribution in [2.24, 2.45) is 0 Å². The summed E-state index contributed by atoms with van der Waals surface area (Å²) in [7, 11) is 2.17. The van der Waals surface area contributed by atoms with Gasteiger partial charge in [0.2, 0.25) is 0 Å². The molecular weight excluding hydrogens is 192 g/mol. The quantitative estimate of drug-likeness (QED) is 0.731. The molecule has 84 valence electrons. The largest absolute Gasteiger partial charge is 0.306 e. The van der Waals surface area contributed by atoms with Crippen LogP contribution in [0.3, 0.4) is 0 Å². The van der Waals surface area contributed by atoms with Crippen LogP contribution in [0.25, 0.3) is 0 Å². The third kappa shape index (κ3) is 2.73. The number of nitrogens with zero attached hydrogens (tertiary/aromatic N) is 4. The molecule has 2 rings (SSSR count). The van der Waals surface area contributed by atoms with E-state index in [4.69, 9.17) is 0 Å². The number of piperidine rings is 1. The summed E-state index contributed by atoms with van der Waals surface area (Å²) >= 11 is 0. The van der Waals surface area contributed by atoms with E-state index in [1.165, 1.54) is 12.8 Å². The number of H-pyrrole nitrogens is 1. The van der Waals surface area contributed by atoms with Gasteiger partial charge in [0.15, 0.2) is 5.82 Å². The van der Waals surface area contributed by atoms with Crippen molar-refractivity contribution in [3.05, 3.63) is 5.82 Å². The lowest BCUT2D eigenvalue weighted by atomic mass is 10.0. The summed E-state index contributed by atoms with van der Waals surface area (Å²) in [6, 6.07) is 0.756. The highest BCUT2D eigenvalue weighted by molar-refractivity contribution is 4.89. The van der Waals surface area contributed by atoms with Gasteiger partial charge < -0.3 is 10.2 Å². The lowest BCUT2D eigenvalue weighted by Gasteiger charge is -2.30. The first-order chi connectivity index (χ1) is 7.25. The molecule has 1 atom stereocenters. The van der Waals surface area contributed by atoms with Gasteiger partial charge in [-0.05, 0) is 39.9 Å². The smallest absolute Gasteiger partial charge is 0.191 e. The van der Waals surface area contributed by atoms with Gasteiger partial charge in [0, 0.05) is 6.04 Å². The minimum Gasteiger partial charge on any atom is -0.306 e. The fourth-order valence-electron chi connectivity index (χ4n) is 1.96. The number of rotatable bonds is 3. The van der Waals surface area contributed by atoms with Gasteiger partial charge in [0.05, 0.1) is 6.04 Å². The van der Waals surface area contributed by atoms with Gasteiger partial charge >= 0.3 is 0 Å². The molecule has 1 aliphatic rings. The van der Waals surface area contributed by atoms with Crippen molar-refractivity contribution < 1.29 is 0 Å². The molecule has 0 bridgehead atoms. The molecule has 1 unspecified atom stereocenters. The molecule has 6 heteroatoms. The molecule has 2 N–H and O–H groups in total. The van der Waals surface area contributed by atoms with Crippen LogP contribution in [0.2, 0.25) is 0 Å². The molecule has 0 aliphatic carbocycles. The maximum Gasteiger partial charge on any atom is 0.191 e. The van der Waals surface area contributed by atoms with Crippen LogP contribution >= 0.6 is 0 Å². The molecule has 0 saturated carbocycles. The van der Waals surface area contributed by atoms with Crippen LogP contribution in [0.5, 0.6) is 0 Å². The Morgan fingerprint density at radius 3 is 2.80 bits per heavy atom. The first-order valence-corrected chi connectivity index (χ1v) is 5.43. The SMILES string of the molecule is CC(NC1CCN(C)CC1)c1nn[nH]n1. The van der Waals surface area contributed by atoms with Crippen molar-refractivity contribution >= 4 is 0 Å². The van der Waals surface area contributed by atoms with Crippen molar-refractivity contribution in [1.82, 2.24) is 30.8 Å². The molecule has 0 amide bonds. The normalized spacial score (nSPS) is 21.7. The number of hydrogen-bond donors (Lipinski definition) is 2. The van der Waals surface area contributed by atoms with E-state index >= 15 is 0 Å². The Labute approximate surface area is 89.4 Å². The van der Waals surface area contributed by atoms with Gasteiger partial charge in [0.25, 0.3) is 0 Å². The molecule has 1 aromatic heterocycles. The Balaban J connectivity index is 1.82. The monoisotopic (exact) mass is 210 g/mol. The molecule has 1 aliphatic heterocycles. The molecule has 15 heavy (non-hydrogen) atoms. The summed E-state index contributed by atoms with van der Waals surface area (Å²) in [6.45, 7) is 4.40. The second-order valence-corrected chi connectivity index (χ2v) is 4.24. The number of likely N-dealkylation sites (tertiary alicyclic amines) is 1. The van der Waals surface area contributed by atoms with Crippen LogP contribution < -0.4 is 5.32 Å². The first kappa shape index (κ1) is 10.5. The summed E-state index contributed by atoms with van der Waals surface area (Å²) < 4.78 is 0. The van der Waals surface area contributed by atoms with E-state index in [0.29, 0.717) is 6.04 Å². The minimum atomic E-state index is 0.178. The molecular formula is C9H18N6. The van der Waals surface area contributed by atoms with Crippen molar-refractivity contribution in [2.45, 2.75) is 31.8 Å². The Bertz CT molecular complexity index is 277. The van der Waals surface area contributed by atoms with Gasteiger partial charge in [-0.2, -0.15) is 5.21 Å². The van der Waals surface area contributed by atoms with Crippen molar-refractivity contribution in [2.75, 3.05) is 20.1 Å². The summed E-state index contributed by atoms with van der Waals surface area (Å²) in [5.74, 6) is 0.744. The second kappa shape index (κ2) is 4.67. The second-order valence-electron chi connectivity index (χ2n) is 4.24. The highest BCUT2D eigenvalue weighted by Crippen LogP contribution is 2.13. The van der Waals surface area contributed by atoms with E-state index in [1.807, 2.05) is 0 Å². The van der Waals surface area contributed by atoms with Gasteiger partial charge in [-0.3, -0.25) is 0 Å². The number of aromatic amines is 1. The predicted octanol–water partition coefficient (Wildman–Crippen LogP) is -0.0555.